The summed E-state index contributed by atoms with van der Waals surface area (Å²) in [5.41, 5.74) is 0. The van der Waals surface area contributed by atoms with E-state index in [9.17, 15) is 9.59 Å². The topological polar surface area (TPSA) is 71.6 Å². The number of hydrogen-bond donors (Lipinski definition) is 0. The molecule has 3 rings (SSSR count). The molecular weight excluding hydrogens is 292 g/mol. The second-order valence-corrected chi connectivity index (χ2v) is 5.94. The van der Waals surface area contributed by atoms with Gasteiger partial charge in [-0.15, -0.1) is 16.4 Å². The van der Waals surface area contributed by atoms with Crippen LogP contribution >= 0.6 is 11.3 Å². The number of amides is 1. The van der Waals surface area contributed by atoms with E-state index in [4.69, 9.17) is 4.42 Å². The van der Waals surface area contributed by atoms with Gasteiger partial charge in [-0.05, 0) is 18.5 Å². The monoisotopic (exact) mass is 308 g/mol. The first-order valence-electron chi connectivity index (χ1n) is 6.71. The average Bonchev–Trinajstić information content (AvgIpc) is 3.10. The molecule has 1 fully saturated rings. The molecule has 0 saturated carbocycles. The van der Waals surface area contributed by atoms with Crippen molar-refractivity contribution in [1.82, 2.24) is 19.6 Å². The van der Waals surface area contributed by atoms with Gasteiger partial charge in [-0.25, -0.2) is 4.79 Å². The van der Waals surface area contributed by atoms with Gasteiger partial charge in [0.05, 0.1) is 4.88 Å². The van der Waals surface area contributed by atoms with Crippen LogP contribution in [0, 0.1) is 0 Å². The molecule has 112 valence electrons. The van der Waals surface area contributed by atoms with Crippen molar-refractivity contribution in [3.05, 3.63) is 28.1 Å². The van der Waals surface area contributed by atoms with Gasteiger partial charge in [0.15, 0.2) is 0 Å². The zero-order valence-corrected chi connectivity index (χ0v) is 12.5. The number of nitrogens with zero attached hydrogens (tertiary/aromatic N) is 4. The quantitative estimate of drug-likeness (QED) is 0.817. The molecule has 0 aromatic carbocycles. The van der Waals surface area contributed by atoms with Gasteiger partial charge in [0.25, 0.3) is 5.89 Å². The van der Waals surface area contributed by atoms with Crippen LogP contribution in [0.25, 0.3) is 10.8 Å². The lowest BCUT2D eigenvalue weighted by atomic mass is 10.3. The van der Waals surface area contributed by atoms with E-state index in [0.717, 1.165) is 22.6 Å². The normalized spacial score (nSPS) is 16.3. The molecule has 1 aliphatic heterocycles. The van der Waals surface area contributed by atoms with Gasteiger partial charge in [0, 0.05) is 26.2 Å². The summed E-state index contributed by atoms with van der Waals surface area (Å²) in [5.74, 6) is -0.432. The third-order valence-electron chi connectivity index (χ3n) is 3.48. The zero-order chi connectivity index (χ0) is 14.8. The summed E-state index contributed by atoms with van der Waals surface area (Å²) in [6.07, 6.45) is 0. The number of thiophene rings is 1. The van der Waals surface area contributed by atoms with Crippen LogP contribution in [0.15, 0.2) is 26.7 Å². The van der Waals surface area contributed by atoms with E-state index in [1.807, 2.05) is 24.6 Å². The predicted octanol–water partition coefficient (Wildman–Crippen LogP) is 0.339. The fourth-order valence-electron chi connectivity index (χ4n) is 2.19. The van der Waals surface area contributed by atoms with Crippen LogP contribution in [0.4, 0.5) is 0 Å². The van der Waals surface area contributed by atoms with Crippen molar-refractivity contribution in [2.75, 3.05) is 33.2 Å². The van der Waals surface area contributed by atoms with Crippen LogP contribution in [-0.2, 0) is 11.3 Å². The molecule has 0 aliphatic carbocycles. The molecule has 0 spiro atoms. The Balaban J connectivity index is 1.70. The largest absolute Gasteiger partial charge is 0.437 e. The van der Waals surface area contributed by atoms with E-state index in [0.29, 0.717) is 13.1 Å². The maximum Gasteiger partial charge on any atom is 0.437 e. The molecule has 0 radical (unpaired) electrons. The van der Waals surface area contributed by atoms with Crippen LogP contribution in [0.5, 0.6) is 0 Å². The van der Waals surface area contributed by atoms with Crippen molar-refractivity contribution >= 4 is 17.2 Å². The lowest BCUT2D eigenvalue weighted by molar-refractivity contribution is -0.133. The van der Waals surface area contributed by atoms with Crippen LogP contribution in [-0.4, -0.2) is 58.7 Å². The fraction of sp³-hybridized carbons (Fsp3) is 0.462. The van der Waals surface area contributed by atoms with Crippen molar-refractivity contribution in [2.45, 2.75) is 6.54 Å². The number of piperazine rings is 1. The number of hydrogen-bond acceptors (Lipinski definition) is 6. The minimum absolute atomic E-state index is 0.0720. The fourth-order valence-corrected chi connectivity index (χ4v) is 2.83. The molecule has 21 heavy (non-hydrogen) atoms. The van der Waals surface area contributed by atoms with Gasteiger partial charge in [-0.3, -0.25) is 4.79 Å². The molecule has 1 aliphatic rings. The van der Waals surface area contributed by atoms with Gasteiger partial charge < -0.3 is 14.2 Å². The second kappa shape index (κ2) is 5.82. The molecule has 2 aromatic heterocycles. The van der Waals surface area contributed by atoms with Crippen molar-refractivity contribution in [3.63, 3.8) is 0 Å². The van der Waals surface area contributed by atoms with Crippen LogP contribution < -0.4 is 5.76 Å². The summed E-state index contributed by atoms with van der Waals surface area (Å²) in [6, 6.07) is 3.68. The SMILES string of the molecule is CN1CCN(C(=O)Cn2nc(-c3cccs3)oc2=O)CC1. The van der Waals surface area contributed by atoms with Gasteiger partial charge in [0.2, 0.25) is 5.91 Å². The molecule has 2 aromatic rings. The lowest BCUT2D eigenvalue weighted by Gasteiger charge is -2.32. The Morgan fingerprint density at radius 3 is 2.81 bits per heavy atom. The summed E-state index contributed by atoms with van der Waals surface area (Å²) >= 11 is 1.44. The standard InChI is InChI=1S/C13H16N4O3S/c1-15-4-6-16(7-5-15)11(18)9-17-13(19)20-12(14-17)10-3-2-8-21-10/h2-3,8H,4-7,9H2,1H3. The zero-order valence-electron chi connectivity index (χ0n) is 11.7. The van der Waals surface area contributed by atoms with E-state index < -0.39 is 5.76 Å². The van der Waals surface area contributed by atoms with Crippen LogP contribution in [0.3, 0.4) is 0 Å². The number of carbonyl (C=O) groups is 1. The third-order valence-corrected chi connectivity index (χ3v) is 4.34. The van der Waals surface area contributed by atoms with Crippen molar-refractivity contribution in [1.29, 1.82) is 0 Å². The highest BCUT2D eigenvalue weighted by atomic mass is 32.1. The summed E-state index contributed by atoms with van der Waals surface area (Å²) in [7, 11) is 2.03. The van der Waals surface area contributed by atoms with Crippen LogP contribution in [0.2, 0.25) is 0 Å². The Morgan fingerprint density at radius 2 is 2.14 bits per heavy atom. The molecule has 0 N–H and O–H groups in total. The average molecular weight is 308 g/mol. The van der Waals surface area contributed by atoms with Gasteiger partial charge >= 0.3 is 5.76 Å². The lowest BCUT2D eigenvalue weighted by Crippen LogP contribution is -2.48. The highest BCUT2D eigenvalue weighted by Gasteiger charge is 2.21. The molecular formula is C13H16N4O3S. The summed E-state index contributed by atoms with van der Waals surface area (Å²) < 4.78 is 6.19. The van der Waals surface area contributed by atoms with E-state index >= 15 is 0 Å². The number of aromatic nitrogens is 2. The molecule has 1 amide bonds. The molecule has 3 heterocycles. The van der Waals surface area contributed by atoms with E-state index in [2.05, 4.69) is 10.00 Å². The Bertz CT molecular complexity index is 668. The van der Waals surface area contributed by atoms with Crippen molar-refractivity contribution in [3.8, 4) is 10.8 Å². The Morgan fingerprint density at radius 1 is 1.38 bits per heavy atom. The minimum atomic E-state index is -0.596. The van der Waals surface area contributed by atoms with Gasteiger partial charge in [0.1, 0.15) is 6.54 Å². The van der Waals surface area contributed by atoms with E-state index in [-0.39, 0.29) is 18.3 Å². The molecule has 7 nitrogen and oxygen atoms in total. The summed E-state index contributed by atoms with van der Waals surface area (Å²) in [4.78, 5) is 28.7. The van der Waals surface area contributed by atoms with E-state index in [1.54, 1.807) is 4.90 Å². The number of rotatable bonds is 3. The third kappa shape index (κ3) is 3.06. The molecule has 0 atom stereocenters. The summed E-state index contributed by atoms with van der Waals surface area (Å²) in [6.45, 7) is 2.98. The molecule has 0 unspecified atom stereocenters. The minimum Gasteiger partial charge on any atom is -0.387 e. The highest BCUT2D eigenvalue weighted by Crippen LogP contribution is 2.20. The Labute approximate surface area is 125 Å². The van der Waals surface area contributed by atoms with Crippen molar-refractivity contribution < 1.29 is 9.21 Å². The Hall–Kier alpha value is -1.93. The first-order chi connectivity index (χ1) is 10.1. The Kier molecular flexibility index (Phi) is 3.89. The van der Waals surface area contributed by atoms with Crippen LogP contribution in [0.1, 0.15) is 0 Å². The van der Waals surface area contributed by atoms with Crippen molar-refractivity contribution in [2.24, 2.45) is 0 Å². The second-order valence-electron chi connectivity index (χ2n) is 4.99. The maximum atomic E-state index is 12.2. The smallest absolute Gasteiger partial charge is 0.387 e. The predicted molar refractivity (Wildman–Crippen MR) is 78.2 cm³/mol. The summed E-state index contributed by atoms with van der Waals surface area (Å²) in [5, 5.41) is 5.97. The van der Waals surface area contributed by atoms with Gasteiger partial charge in [-0.2, -0.15) is 4.68 Å². The van der Waals surface area contributed by atoms with E-state index in [1.165, 1.54) is 11.3 Å². The number of carbonyl (C=O) groups excluding carboxylic acids is 1. The number of likely N-dealkylation sites (N-methyl/N-ethyl adjacent to an activating group) is 1. The van der Waals surface area contributed by atoms with Gasteiger partial charge in [-0.1, -0.05) is 6.07 Å². The first kappa shape index (κ1) is 14.0. The molecule has 1 saturated heterocycles. The maximum absolute atomic E-state index is 12.2. The highest BCUT2D eigenvalue weighted by molar-refractivity contribution is 7.13. The first-order valence-corrected chi connectivity index (χ1v) is 7.59. The molecule has 0 bridgehead atoms. The molecule has 8 heteroatoms.